The average Bonchev–Trinajstić information content (AvgIpc) is 3.33. The number of aromatic nitrogens is 2. The first-order chi connectivity index (χ1) is 12.5. The van der Waals surface area contributed by atoms with Crippen molar-refractivity contribution < 1.29 is 5.11 Å². The Labute approximate surface area is 156 Å². The first kappa shape index (κ1) is 17.7. The fourth-order valence-corrected chi connectivity index (χ4v) is 5.23. The summed E-state index contributed by atoms with van der Waals surface area (Å²) in [6.07, 6.45) is 4.78. The van der Waals surface area contributed by atoms with Crippen LogP contribution in [0.5, 0.6) is 0 Å². The van der Waals surface area contributed by atoms with Crippen LogP contribution >= 0.6 is 0 Å². The first-order valence-corrected chi connectivity index (χ1v) is 9.69. The molecule has 3 heterocycles. The van der Waals surface area contributed by atoms with Gasteiger partial charge in [0.25, 0.3) is 0 Å². The van der Waals surface area contributed by atoms with Gasteiger partial charge in [0.2, 0.25) is 0 Å². The molecule has 0 unspecified atom stereocenters. The van der Waals surface area contributed by atoms with Crippen molar-refractivity contribution in [2.24, 2.45) is 17.8 Å². The molecule has 0 bridgehead atoms. The highest BCUT2D eigenvalue weighted by molar-refractivity contribution is 5.36. The molecule has 1 aromatic heterocycles. The Morgan fingerprint density at radius 3 is 2.65 bits per heavy atom. The van der Waals surface area contributed by atoms with Gasteiger partial charge in [0.05, 0.1) is 12.3 Å². The highest BCUT2D eigenvalue weighted by Gasteiger charge is 2.56. The molecule has 0 radical (unpaired) electrons. The Morgan fingerprint density at radius 1 is 1.27 bits per heavy atom. The lowest BCUT2D eigenvalue weighted by atomic mass is 9.76. The molecular formula is C21H30N4O. The summed E-state index contributed by atoms with van der Waals surface area (Å²) in [5.74, 6) is 1.60. The monoisotopic (exact) mass is 354 g/mol. The molecule has 2 aliphatic rings. The molecule has 26 heavy (non-hydrogen) atoms. The molecule has 2 aromatic rings. The maximum absolute atomic E-state index is 10.3. The summed E-state index contributed by atoms with van der Waals surface area (Å²) in [4.78, 5) is 2.42. The second-order valence-electron chi connectivity index (χ2n) is 8.57. The lowest BCUT2D eigenvalue weighted by Gasteiger charge is -2.36. The third-order valence-electron chi connectivity index (χ3n) is 6.20. The van der Waals surface area contributed by atoms with E-state index in [2.05, 4.69) is 60.5 Å². The molecule has 2 aliphatic heterocycles. The molecule has 0 saturated carbocycles. The summed E-state index contributed by atoms with van der Waals surface area (Å²) >= 11 is 0. The van der Waals surface area contributed by atoms with Gasteiger partial charge in [0.15, 0.2) is 0 Å². The molecule has 0 amide bonds. The van der Waals surface area contributed by atoms with Gasteiger partial charge >= 0.3 is 0 Å². The van der Waals surface area contributed by atoms with Gasteiger partial charge in [-0.25, -0.2) is 4.68 Å². The summed E-state index contributed by atoms with van der Waals surface area (Å²) in [6, 6.07) is 10.9. The molecule has 0 spiro atoms. The van der Waals surface area contributed by atoms with Crippen LogP contribution in [0.3, 0.4) is 0 Å². The Hall–Kier alpha value is -1.69. The van der Waals surface area contributed by atoms with Crippen molar-refractivity contribution in [3.63, 3.8) is 0 Å². The van der Waals surface area contributed by atoms with Crippen LogP contribution in [0.15, 0.2) is 42.7 Å². The van der Waals surface area contributed by atoms with Crippen LogP contribution < -0.4 is 5.32 Å². The summed E-state index contributed by atoms with van der Waals surface area (Å²) in [5.41, 5.74) is 2.22. The zero-order chi connectivity index (χ0) is 18.3. The number of benzene rings is 1. The molecule has 2 N–H and O–H groups in total. The number of aliphatic hydroxyl groups excluding tert-OH is 1. The lowest BCUT2D eigenvalue weighted by Crippen LogP contribution is -2.51. The van der Waals surface area contributed by atoms with E-state index in [1.165, 1.54) is 5.56 Å². The van der Waals surface area contributed by atoms with Crippen LogP contribution in [0.2, 0.25) is 0 Å². The quantitative estimate of drug-likeness (QED) is 0.866. The van der Waals surface area contributed by atoms with Gasteiger partial charge in [-0.2, -0.15) is 5.10 Å². The Bertz CT molecular complexity index is 727. The molecule has 5 heteroatoms. The number of likely N-dealkylation sites (tertiary alicyclic amines) is 1. The minimum atomic E-state index is -0.172. The molecule has 2 saturated heterocycles. The predicted molar refractivity (Wildman–Crippen MR) is 103 cm³/mol. The smallest absolute Gasteiger partial charge is 0.0645 e. The highest BCUT2D eigenvalue weighted by atomic mass is 16.3. The van der Waals surface area contributed by atoms with Crippen LogP contribution in [-0.4, -0.2) is 52.1 Å². The predicted octanol–water partition coefficient (Wildman–Crippen LogP) is 2.47. The van der Waals surface area contributed by atoms with E-state index < -0.39 is 0 Å². The van der Waals surface area contributed by atoms with Crippen LogP contribution in [0, 0.1) is 17.8 Å². The zero-order valence-corrected chi connectivity index (χ0v) is 16.0. The number of fused-ring (bicyclic) bond motifs is 1. The van der Waals surface area contributed by atoms with Crippen molar-refractivity contribution >= 4 is 0 Å². The summed E-state index contributed by atoms with van der Waals surface area (Å²) in [5, 5.41) is 18.5. The Morgan fingerprint density at radius 2 is 2.04 bits per heavy atom. The number of nitrogens with one attached hydrogen (secondary N) is 1. The number of hydrogen-bond donors (Lipinski definition) is 2. The maximum Gasteiger partial charge on any atom is 0.0645 e. The summed E-state index contributed by atoms with van der Waals surface area (Å²) in [6.45, 7) is 6.86. The van der Waals surface area contributed by atoms with E-state index in [4.69, 9.17) is 0 Å². The van der Waals surface area contributed by atoms with Crippen molar-refractivity contribution in [2.75, 3.05) is 26.7 Å². The third-order valence-corrected chi connectivity index (χ3v) is 6.20. The normalized spacial score (nSPS) is 31.7. The van der Waals surface area contributed by atoms with Gasteiger partial charge in [-0.05, 0) is 55.0 Å². The number of hydrogen-bond acceptors (Lipinski definition) is 4. The lowest BCUT2D eigenvalue weighted by molar-refractivity contribution is 0.109. The molecule has 5 nitrogen and oxygen atoms in total. The number of nitrogens with zero attached hydrogens (tertiary/aromatic N) is 3. The van der Waals surface area contributed by atoms with E-state index in [1.807, 2.05) is 16.9 Å². The molecular weight excluding hydrogens is 324 g/mol. The topological polar surface area (TPSA) is 53.3 Å². The van der Waals surface area contributed by atoms with Crippen LogP contribution in [0.4, 0.5) is 0 Å². The van der Waals surface area contributed by atoms with E-state index >= 15 is 0 Å². The van der Waals surface area contributed by atoms with Crippen molar-refractivity contribution in [1.29, 1.82) is 0 Å². The van der Waals surface area contributed by atoms with Crippen LogP contribution in [0.25, 0.3) is 5.69 Å². The van der Waals surface area contributed by atoms with Crippen molar-refractivity contribution in [1.82, 2.24) is 20.0 Å². The van der Waals surface area contributed by atoms with E-state index in [-0.39, 0.29) is 12.1 Å². The molecule has 4 atom stereocenters. The van der Waals surface area contributed by atoms with Gasteiger partial charge in [-0.1, -0.05) is 26.0 Å². The number of rotatable bonds is 5. The maximum atomic E-state index is 10.3. The van der Waals surface area contributed by atoms with Gasteiger partial charge in [0, 0.05) is 37.1 Å². The molecule has 2 fully saturated rings. The molecule has 1 aromatic carbocycles. The largest absolute Gasteiger partial charge is 0.394 e. The second-order valence-corrected chi connectivity index (χ2v) is 8.57. The minimum absolute atomic E-state index is 0.172. The van der Waals surface area contributed by atoms with Gasteiger partial charge in [-0.15, -0.1) is 0 Å². The fraction of sp³-hybridized carbons (Fsp3) is 0.571. The average molecular weight is 354 g/mol. The van der Waals surface area contributed by atoms with E-state index in [1.54, 1.807) is 6.20 Å². The minimum Gasteiger partial charge on any atom is -0.394 e. The van der Waals surface area contributed by atoms with Gasteiger partial charge < -0.3 is 15.3 Å². The number of aliphatic hydroxyl groups is 1. The molecule has 4 rings (SSSR count). The zero-order valence-electron chi connectivity index (χ0n) is 16.0. The van der Waals surface area contributed by atoms with Crippen molar-refractivity contribution in [3.05, 3.63) is 48.3 Å². The Balaban J connectivity index is 1.63. The summed E-state index contributed by atoms with van der Waals surface area (Å²) < 4.78 is 1.88. The third kappa shape index (κ3) is 2.98. The summed E-state index contributed by atoms with van der Waals surface area (Å²) in [7, 11) is 2.20. The second kappa shape index (κ2) is 6.80. The standard InChI is InChI=1S/C21H30N4O/c1-15(2)11-21(14-26)19-13-24(3)12-18(19)20(23-21)16-5-7-17(8-6-16)25-10-4-9-22-25/h4-10,15,18-20,23,26H,11-14H2,1-3H3/t18-,19+,20-,21+/m1/s1. The fourth-order valence-electron chi connectivity index (χ4n) is 5.23. The van der Waals surface area contributed by atoms with Crippen molar-refractivity contribution in [3.8, 4) is 5.69 Å². The van der Waals surface area contributed by atoms with E-state index in [0.717, 1.165) is 25.2 Å². The first-order valence-electron chi connectivity index (χ1n) is 9.69. The molecule has 0 aliphatic carbocycles. The highest BCUT2D eigenvalue weighted by Crippen LogP contribution is 2.48. The van der Waals surface area contributed by atoms with Crippen molar-refractivity contribution in [2.45, 2.75) is 31.8 Å². The molecule has 140 valence electrons. The van der Waals surface area contributed by atoms with E-state index in [9.17, 15) is 5.11 Å². The van der Waals surface area contributed by atoms with Gasteiger partial charge in [-0.3, -0.25) is 0 Å². The van der Waals surface area contributed by atoms with Crippen LogP contribution in [-0.2, 0) is 0 Å². The Kier molecular flexibility index (Phi) is 4.63. The van der Waals surface area contributed by atoms with Gasteiger partial charge in [0.1, 0.15) is 0 Å². The van der Waals surface area contributed by atoms with E-state index in [0.29, 0.717) is 23.8 Å². The van der Waals surface area contributed by atoms with Crippen LogP contribution in [0.1, 0.15) is 31.9 Å². The SMILES string of the molecule is CC(C)C[C@@]1(CO)N[C@H](c2ccc(-n3cccn3)cc2)[C@@H]2CN(C)C[C@@H]21.